The van der Waals surface area contributed by atoms with E-state index in [1.807, 2.05) is 0 Å². The summed E-state index contributed by atoms with van der Waals surface area (Å²) in [5, 5.41) is 0. The Labute approximate surface area is 122 Å². The van der Waals surface area contributed by atoms with Crippen molar-refractivity contribution < 1.29 is 9.53 Å². The average Bonchev–Trinajstić information content (AvgIpc) is 2.86. The molecular formula is C17H27NO2. The number of hydrogen-bond acceptors (Lipinski definition) is 3. The van der Waals surface area contributed by atoms with E-state index in [4.69, 9.17) is 4.74 Å². The molecule has 0 amide bonds. The third-order valence-electron chi connectivity index (χ3n) is 6.49. The highest BCUT2D eigenvalue weighted by atomic mass is 16.5. The monoisotopic (exact) mass is 277 g/mol. The maximum absolute atomic E-state index is 12.6. The molecule has 2 atom stereocenters. The number of carbonyl (C=O) groups is 1. The maximum Gasteiger partial charge on any atom is 0.312 e. The van der Waals surface area contributed by atoms with E-state index in [9.17, 15) is 4.79 Å². The van der Waals surface area contributed by atoms with Crippen molar-refractivity contribution in [2.75, 3.05) is 26.2 Å². The second kappa shape index (κ2) is 5.01. The van der Waals surface area contributed by atoms with E-state index in [2.05, 4.69) is 4.90 Å². The minimum absolute atomic E-state index is 0.0461. The van der Waals surface area contributed by atoms with Crippen molar-refractivity contribution in [3.63, 3.8) is 0 Å². The number of hydrogen-bond donors (Lipinski definition) is 0. The lowest BCUT2D eigenvalue weighted by molar-refractivity contribution is -0.158. The minimum Gasteiger partial charge on any atom is -0.464 e. The van der Waals surface area contributed by atoms with Crippen LogP contribution in [0, 0.1) is 23.2 Å². The van der Waals surface area contributed by atoms with E-state index >= 15 is 0 Å². The van der Waals surface area contributed by atoms with Gasteiger partial charge in [-0.05, 0) is 75.8 Å². The highest BCUT2D eigenvalue weighted by Gasteiger charge is 2.62. The zero-order chi connectivity index (χ0) is 13.6. The predicted octanol–water partition coefficient (Wildman–Crippen LogP) is 2.84. The van der Waals surface area contributed by atoms with Crippen molar-refractivity contribution in [2.45, 2.75) is 51.4 Å². The molecule has 0 aromatic rings. The number of esters is 1. The van der Waals surface area contributed by atoms with Gasteiger partial charge in [0.2, 0.25) is 0 Å². The van der Waals surface area contributed by atoms with Crippen molar-refractivity contribution in [3.8, 4) is 0 Å². The lowest BCUT2D eigenvalue weighted by Crippen LogP contribution is -2.37. The maximum atomic E-state index is 12.6. The summed E-state index contributed by atoms with van der Waals surface area (Å²) in [6.45, 7) is 3.94. The third kappa shape index (κ3) is 2.09. The molecule has 3 nitrogen and oxygen atoms in total. The molecule has 1 heterocycles. The number of piperidine rings is 1. The van der Waals surface area contributed by atoms with Crippen molar-refractivity contribution >= 4 is 5.97 Å². The van der Waals surface area contributed by atoms with Crippen LogP contribution < -0.4 is 0 Å². The Morgan fingerprint density at radius 3 is 2.45 bits per heavy atom. The Morgan fingerprint density at radius 1 is 1.05 bits per heavy atom. The van der Waals surface area contributed by atoms with Gasteiger partial charge in [0.05, 0.1) is 5.41 Å². The molecule has 112 valence electrons. The van der Waals surface area contributed by atoms with E-state index in [1.54, 1.807) is 0 Å². The molecule has 0 radical (unpaired) electrons. The minimum atomic E-state index is -0.0461. The molecule has 3 heteroatoms. The first-order valence-electron chi connectivity index (χ1n) is 8.66. The van der Waals surface area contributed by atoms with Crippen molar-refractivity contribution in [3.05, 3.63) is 0 Å². The third-order valence-corrected chi connectivity index (χ3v) is 6.49. The van der Waals surface area contributed by atoms with E-state index in [-0.39, 0.29) is 11.4 Å². The van der Waals surface area contributed by atoms with Gasteiger partial charge >= 0.3 is 5.97 Å². The normalized spacial score (nSPS) is 43.1. The van der Waals surface area contributed by atoms with Gasteiger partial charge < -0.3 is 4.74 Å². The van der Waals surface area contributed by atoms with Crippen LogP contribution in [0.5, 0.6) is 0 Å². The number of carbonyl (C=O) groups excluding carboxylic acids is 1. The first kappa shape index (κ1) is 13.1. The van der Waals surface area contributed by atoms with Crippen LogP contribution in [0.25, 0.3) is 0 Å². The summed E-state index contributed by atoms with van der Waals surface area (Å²) in [4.78, 5) is 15.1. The smallest absolute Gasteiger partial charge is 0.312 e. The van der Waals surface area contributed by atoms with Gasteiger partial charge in [0.15, 0.2) is 0 Å². The average molecular weight is 277 g/mol. The molecule has 20 heavy (non-hydrogen) atoms. The van der Waals surface area contributed by atoms with Crippen LogP contribution >= 0.6 is 0 Å². The second-order valence-electron chi connectivity index (χ2n) is 7.74. The van der Waals surface area contributed by atoms with Crippen LogP contribution in [-0.2, 0) is 9.53 Å². The van der Waals surface area contributed by atoms with Gasteiger partial charge in [-0.3, -0.25) is 9.69 Å². The van der Waals surface area contributed by atoms with Crippen LogP contribution in [0.3, 0.4) is 0 Å². The first-order chi connectivity index (χ1) is 9.76. The highest BCUT2D eigenvalue weighted by molar-refractivity contribution is 5.78. The Morgan fingerprint density at radius 2 is 1.75 bits per heavy atom. The Hall–Kier alpha value is -0.570. The number of ether oxygens (including phenoxy) is 1. The molecule has 1 aliphatic heterocycles. The van der Waals surface area contributed by atoms with E-state index < -0.39 is 0 Å². The molecule has 4 saturated carbocycles. The van der Waals surface area contributed by atoms with Gasteiger partial charge in [0, 0.05) is 6.54 Å². The Bertz CT molecular complexity index is 374. The largest absolute Gasteiger partial charge is 0.464 e. The topological polar surface area (TPSA) is 29.5 Å². The first-order valence-corrected chi connectivity index (χ1v) is 8.66. The van der Waals surface area contributed by atoms with Crippen molar-refractivity contribution in [1.29, 1.82) is 0 Å². The van der Waals surface area contributed by atoms with Crippen molar-refractivity contribution in [1.82, 2.24) is 4.90 Å². The van der Waals surface area contributed by atoms with Crippen LogP contribution in [0.2, 0.25) is 0 Å². The molecular weight excluding hydrogens is 250 g/mol. The molecule has 0 N–H and O–H groups in total. The fourth-order valence-corrected chi connectivity index (χ4v) is 5.72. The van der Waals surface area contributed by atoms with Gasteiger partial charge in [-0.25, -0.2) is 0 Å². The summed E-state index contributed by atoms with van der Waals surface area (Å²) < 4.78 is 5.72. The summed E-state index contributed by atoms with van der Waals surface area (Å²) in [5.74, 6) is 2.49. The number of nitrogens with zero attached hydrogens (tertiary/aromatic N) is 1. The van der Waals surface area contributed by atoms with Gasteiger partial charge in [-0.1, -0.05) is 6.42 Å². The van der Waals surface area contributed by atoms with E-state index in [1.165, 1.54) is 51.6 Å². The molecule has 0 aromatic carbocycles. The van der Waals surface area contributed by atoms with E-state index in [0.717, 1.165) is 31.2 Å². The fraction of sp³-hybridized carbons (Fsp3) is 0.941. The Balaban J connectivity index is 1.30. The van der Waals surface area contributed by atoms with Crippen LogP contribution in [-0.4, -0.2) is 37.1 Å². The molecule has 5 rings (SSSR count). The number of rotatable bonds is 4. The summed E-state index contributed by atoms with van der Waals surface area (Å²) in [5.41, 5.74) is -0.0461. The molecule has 5 aliphatic rings. The molecule has 2 unspecified atom stereocenters. The van der Waals surface area contributed by atoms with Crippen LogP contribution in [0.15, 0.2) is 0 Å². The van der Waals surface area contributed by atoms with Gasteiger partial charge in [0.1, 0.15) is 6.61 Å². The summed E-state index contributed by atoms with van der Waals surface area (Å²) >= 11 is 0. The standard InChI is InChI=1S/C17H27NO2/c19-16(20-7-6-18-4-2-1-3-5-18)17-11-13-8-14(12-17)10-15(17)9-13/h13-15H,1-12H2. The molecule has 4 bridgehead atoms. The van der Waals surface area contributed by atoms with Crippen molar-refractivity contribution in [2.24, 2.45) is 23.2 Å². The quantitative estimate of drug-likeness (QED) is 0.740. The molecule has 0 spiro atoms. The molecule has 4 aliphatic carbocycles. The van der Waals surface area contributed by atoms with Crippen LogP contribution in [0.1, 0.15) is 51.4 Å². The fourth-order valence-electron chi connectivity index (χ4n) is 5.72. The zero-order valence-electron chi connectivity index (χ0n) is 12.5. The molecule has 5 fully saturated rings. The van der Waals surface area contributed by atoms with E-state index in [0.29, 0.717) is 12.5 Å². The molecule has 0 aromatic heterocycles. The molecule has 1 saturated heterocycles. The zero-order valence-corrected chi connectivity index (χ0v) is 12.5. The van der Waals surface area contributed by atoms with Gasteiger partial charge in [-0.2, -0.15) is 0 Å². The highest BCUT2D eigenvalue weighted by Crippen LogP contribution is 2.65. The lowest BCUT2D eigenvalue weighted by atomic mass is 9.75. The lowest BCUT2D eigenvalue weighted by Gasteiger charge is -2.31. The van der Waals surface area contributed by atoms with Crippen LogP contribution in [0.4, 0.5) is 0 Å². The van der Waals surface area contributed by atoms with Gasteiger partial charge in [-0.15, -0.1) is 0 Å². The SMILES string of the molecule is O=C(OCCN1CCCCC1)C12CC3CC(CC1C3)C2. The summed E-state index contributed by atoms with van der Waals surface area (Å²) in [6.07, 6.45) is 10.2. The van der Waals surface area contributed by atoms with Gasteiger partial charge in [0.25, 0.3) is 0 Å². The second-order valence-corrected chi connectivity index (χ2v) is 7.74. The predicted molar refractivity (Wildman–Crippen MR) is 77.2 cm³/mol. The summed E-state index contributed by atoms with van der Waals surface area (Å²) in [7, 11) is 0. The Kier molecular flexibility index (Phi) is 3.29. The summed E-state index contributed by atoms with van der Waals surface area (Å²) in [6, 6.07) is 0. The number of likely N-dealkylation sites (tertiary alicyclic amines) is 1.